The summed E-state index contributed by atoms with van der Waals surface area (Å²) in [5.41, 5.74) is 2.17. The molecule has 22 heavy (non-hydrogen) atoms. The van der Waals surface area contributed by atoms with Gasteiger partial charge >= 0.3 is 0 Å². The van der Waals surface area contributed by atoms with Crippen LogP contribution in [0.4, 0.5) is 0 Å². The fraction of sp³-hybridized carbons (Fsp3) is 0.944. The molecule has 0 bridgehead atoms. The molecule has 0 aromatic rings. The van der Waals surface area contributed by atoms with Gasteiger partial charge in [-0.3, -0.25) is 10.2 Å². The molecule has 0 radical (unpaired) electrons. The van der Waals surface area contributed by atoms with Gasteiger partial charge in [0.25, 0.3) is 0 Å². The number of carbonyl (C=O) groups excluding carboxylic acids is 1. The first-order valence-corrected chi connectivity index (χ1v) is 10.5. The summed E-state index contributed by atoms with van der Waals surface area (Å²) >= 11 is 2.07. The van der Waals surface area contributed by atoms with Gasteiger partial charge in [0.2, 0.25) is 5.91 Å². The highest BCUT2D eigenvalue weighted by Crippen LogP contribution is 2.13. The fourth-order valence-electron chi connectivity index (χ4n) is 2.53. The largest absolute Gasteiger partial charge is 0.294 e. The van der Waals surface area contributed by atoms with Crippen molar-refractivity contribution in [2.45, 2.75) is 96.8 Å². The zero-order chi connectivity index (χ0) is 16.3. The van der Waals surface area contributed by atoms with Gasteiger partial charge in [-0.05, 0) is 30.8 Å². The number of rotatable bonds is 17. The summed E-state index contributed by atoms with van der Waals surface area (Å²) < 4.78 is 0. The van der Waals surface area contributed by atoms with Gasteiger partial charge in [-0.2, -0.15) is 11.8 Å². The molecule has 0 saturated carbocycles. The molecule has 0 aromatic carbocycles. The smallest absolute Gasteiger partial charge is 0.233 e. The number of nitrogens with two attached hydrogens (primary N) is 1. The van der Waals surface area contributed by atoms with E-state index in [-0.39, 0.29) is 5.91 Å². The van der Waals surface area contributed by atoms with Gasteiger partial charge in [0.15, 0.2) is 0 Å². The highest BCUT2D eigenvalue weighted by molar-refractivity contribution is 7.99. The molecule has 0 rings (SSSR count). The highest BCUT2D eigenvalue weighted by Gasteiger charge is 1.98. The summed E-state index contributed by atoms with van der Waals surface area (Å²) in [6.45, 7) is 2.28. The van der Waals surface area contributed by atoms with Crippen molar-refractivity contribution in [3.05, 3.63) is 0 Å². The predicted octanol–water partition coefficient (Wildman–Crippen LogP) is 5.19. The van der Waals surface area contributed by atoms with E-state index in [4.69, 9.17) is 5.84 Å². The Hall–Kier alpha value is -0.220. The molecular weight excluding hydrogens is 292 g/mol. The molecule has 0 unspecified atom stereocenters. The minimum atomic E-state index is -0.0435. The lowest BCUT2D eigenvalue weighted by atomic mass is 10.1. The van der Waals surface area contributed by atoms with Crippen molar-refractivity contribution in [2.24, 2.45) is 5.84 Å². The standard InChI is InChI=1S/C18H38N2OS/c1-2-3-4-5-6-7-8-9-10-13-16-22-17-14-11-12-15-18(21)20-19/h2-17,19H2,1H3,(H,20,21). The molecular formula is C18H38N2OS. The Balaban J connectivity index is 2.98. The van der Waals surface area contributed by atoms with Crippen molar-refractivity contribution >= 4 is 17.7 Å². The van der Waals surface area contributed by atoms with Crippen molar-refractivity contribution in [3.63, 3.8) is 0 Å². The number of thioether (sulfide) groups is 1. The lowest BCUT2D eigenvalue weighted by Crippen LogP contribution is -2.29. The molecule has 0 saturated heterocycles. The normalized spacial score (nSPS) is 10.8. The summed E-state index contributed by atoms with van der Waals surface area (Å²) in [6.07, 6.45) is 18.0. The van der Waals surface area contributed by atoms with Crippen molar-refractivity contribution in [2.75, 3.05) is 11.5 Å². The van der Waals surface area contributed by atoms with Gasteiger partial charge in [0, 0.05) is 6.42 Å². The molecule has 3 nitrogen and oxygen atoms in total. The predicted molar refractivity (Wildman–Crippen MR) is 100.0 cm³/mol. The third-order valence-electron chi connectivity index (χ3n) is 4.00. The van der Waals surface area contributed by atoms with E-state index in [0.29, 0.717) is 6.42 Å². The number of hydrogen-bond donors (Lipinski definition) is 2. The third kappa shape index (κ3) is 17.8. The van der Waals surface area contributed by atoms with Crippen molar-refractivity contribution in [1.82, 2.24) is 5.43 Å². The molecule has 0 aliphatic heterocycles. The molecule has 0 aromatic heterocycles. The summed E-state index contributed by atoms with van der Waals surface area (Å²) in [5.74, 6) is 7.53. The van der Waals surface area contributed by atoms with E-state index in [9.17, 15) is 4.79 Å². The van der Waals surface area contributed by atoms with E-state index in [0.717, 1.165) is 12.8 Å². The quantitative estimate of drug-likeness (QED) is 0.167. The Morgan fingerprint density at radius 2 is 1.23 bits per heavy atom. The second kappa shape index (κ2) is 18.8. The Morgan fingerprint density at radius 3 is 1.73 bits per heavy atom. The molecule has 1 amide bonds. The minimum Gasteiger partial charge on any atom is -0.294 e. The van der Waals surface area contributed by atoms with E-state index < -0.39 is 0 Å². The van der Waals surface area contributed by atoms with Crippen molar-refractivity contribution in [1.29, 1.82) is 0 Å². The average Bonchev–Trinajstić information content (AvgIpc) is 2.54. The molecule has 0 atom stereocenters. The molecule has 132 valence electrons. The van der Waals surface area contributed by atoms with Crippen LogP contribution in [0.15, 0.2) is 0 Å². The molecule has 0 aliphatic carbocycles. The molecule has 0 aliphatic rings. The first-order chi connectivity index (χ1) is 10.8. The number of nitrogens with one attached hydrogen (secondary N) is 1. The van der Waals surface area contributed by atoms with Crippen LogP contribution in [0, 0.1) is 0 Å². The average molecular weight is 331 g/mol. The second-order valence-corrected chi connectivity index (χ2v) is 7.40. The topological polar surface area (TPSA) is 55.1 Å². The molecule has 0 spiro atoms. The van der Waals surface area contributed by atoms with E-state index in [1.807, 2.05) is 0 Å². The summed E-state index contributed by atoms with van der Waals surface area (Å²) in [6, 6.07) is 0. The number of hydrazine groups is 1. The fourth-order valence-corrected chi connectivity index (χ4v) is 3.55. The zero-order valence-electron chi connectivity index (χ0n) is 14.7. The van der Waals surface area contributed by atoms with E-state index in [1.54, 1.807) is 0 Å². The summed E-state index contributed by atoms with van der Waals surface area (Å²) in [4.78, 5) is 10.9. The van der Waals surface area contributed by atoms with Crippen molar-refractivity contribution in [3.8, 4) is 0 Å². The molecule has 3 N–H and O–H groups in total. The SMILES string of the molecule is CCCCCCCCCCCCSCCCCCC(=O)NN. The van der Waals surface area contributed by atoms with Crippen LogP contribution in [0.1, 0.15) is 96.8 Å². The van der Waals surface area contributed by atoms with Gasteiger partial charge in [0.1, 0.15) is 0 Å². The van der Waals surface area contributed by atoms with Crippen LogP contribution in [0.5, 0.6) is 0 Å². The van der Waals surface area contributed by atoms with E-state index >= 15 is 0 Å². The number of amides is 1. The zero-order valence-corrected chi connectivity index (χ0v) is 15.5. The van der Waals surface area contributed by atoms with Crippen LogP contribution in [0.25, 0.3) is 0 Å². The first-order valence-electron chi connectivity index (χ1n) is 9.38. The van der Waals surface area contributed by atoms with Gasteiger partial charge in [-0.25, -0.2) is 5.84 Å². The Morgan fingerprint density at radius 1 is 0.773 bits per heavy atom. The summed E-state index contributed by atoms with van der Waals surface area (Å²) in [7, 11) is 0. The van der Waals surface area contributed by atoms with E-state index in [1.165, 1.54) is 82.1 Å². The second-order valence-electron chi connectivity index (χ2n) is 6.17. The van der Waals surface area contributed by atoms with Crippen LogP contribution in [0.2, 0.25) is 0 Å². The number of hydrogen-bond acceptors (Lipinski definition) is 3. The van der Waals surface area contributed by atoms with Gasteiger partial charge in [0.05, 0.1) is 0 Å². The number of carbonyl (C=O) groups is 1. The Labute approximate surface area is 142 Å². The summed E-state index contributed by atoms with van der Waals surface area (Å²) in [5, 5.41) is 0. The van der Waals surface area contributed by atoms with Crippen molar-refractivity contribution < 1.29 is 4.79 Å². The lowest BCUT2D eigenvalue weighted by Gasteiger charge is -2.03. The van der Waals surface area contributed by atoms with Gasteiger partial charge in [-0.1, -0.05) is 71.1 Å². The first kappa shape index (κ1) is 21.8. The van der Waals surface area contributed by atoms with Gasteiger partial charge < -0.3 is 0 Å². The Bertz CT molecular complexity index is 237. The van der Waals surface area contributed by atoms with Crippen LogP contribution in [-0.2, 0) is 4.79 Å². The van der Waals surface area contributed by atoms with Crippen LogP contribution in [-0.4, -0.2) is 17.4 Å². The third-order valence-corrected chi connectivity index (χ3v) is 5.15. The molecule has 0 fully saturated rings. The van der Waals surface area contributed by atoms with Crippen LogP contribution in [0.3, 0.4) is 0 Å². The number of unbranched alkanes of at least 4 members (excludes halogenated alkanes) is 11. The van der Waals surface area contributed by atoms with Crippen LogP contribution < -0.4 is 11.3 Å². The van der Waals surface area contributed by atoms with E-state index in [2.05, 4.69) is 24.1 Å². The van der Waals surface area contributed by atoms with Gasteiger partial charge in [-0.15, -0.1) is 0 Å². The van der Waals surface area contributed by atoms with Crippen LogP contribution >= 0.6 is 11.8 Å². The molecule has 4 heteroatoms. The monoisotopic (exact) mass is 330 g/mol. The lowest BCUT2D eigenvalue weighted by molar-refractivity contribution is -0.121. The highest BCUT2D eigenvalue weighted by atomic mass is 32.2. The minimum absolute atomic E-state index is 0.0435. The maximum atomic E-state index is 10.9. The maximum absolute atomic E-state index is 10.9. The Kier molecular flexibility index (Phi) is 18.6. The maximum Gasteiger partial charge on any atom is 0.233 e. The molecule has 0 heterocycles.